The lowest BCUT2D eigenvalue weighted by Crippen LogP contribution is -2.44. The molecule has 168 valence electrons. The smallest absolute Gasteiger partial charge is 0.229 e. The molecule has 2 aliphatic rings. The number of rotatable bonds is 7. The normalized spacial score (nSPS) is 21.6. The molecule has 1 atom stereocenters. The number of carbonyl (C=O) groups is 2. The summed E-state index contributed by atoms with van der Waals surface area (Å²) in [4.78, 5) is 29.5. The van der Waals surface area contributed by atoms with Gasteiger partial charge in [0, 0.05) is 19.5 Å². The first-order chi connectivity index (χ1) is 14.9. The van der Waals surface area contributed by atoms with Crippen LogP contribution in [0.5, 0.6) is 0 Å². The number of likely N-dealkylation sites (tertiary alicyclic amines) is 1. The highest BCUT2D eigenvalue weighted by Gasteiger charge is 2.26. The van der Waals surface area contributed by atoms with Crippen LogP contribution in [-0.2, 0) is 22.7 Å². The molecular weight excluding hydrogens is 391 g/mol. The van der Waals surface area contributed by atoms with Gasteiger partial charge in [-0.1, -0.05) is 55.5 Å². The Morgan fingerprint density at radius 2 is 1.84 bits per heavy atom. The molecule has 31 heavy (non-hydrogen) atoms. The fraction of sp³-hybridized carbons (Fsp3) is 0.538. The molecule has 4 nitrogen and oxygen atoms in total. The van der Waals surface area contributed by atoms with Crippen LogP contribution in [0.15, 0.2) is 48.6 Å². The number of alkyl halides is 1. The van der Waals surface area contributed by atoms with Crippen molar-refractivity contribution in [2.24, 2.45) is 11.8 Å². The highest BCUT2D eigenvalue weighted by Crippen LogP contribution is 2.22. The molecular formula is C26H35FN2O2. The van der Waals surface area contributed by atoms with Crippen LogP contribution in [0.3, 0.4) is 0 Å². The van der Waals surface area contributed by atoms with Gasteiger partial charge in [0.25, 0.3) is 0 Å². The Kier molecular flexibility index (Phi) is 8.59. The van der Waals surface area contributed by atoms with Crippen molar-refractivity contribution >= 4 is 11.7 Å². The van der Waals surface area contributed by atoms with E-state index in [4.69, 9.17) is 0 Å². The largest absolute Gasteiger partial charge is 0.338 e. The monoisotopic (exact) mass is 426 g/mol. The zero-order chi connectivity index (χ0) is 22.2. The molecule has 0 N–H and O–H groups in total. The van der Waals surface area contributed by atoms with E-state index in [-0.39, 0.29) is 17.6 Å². The maximum Gasteiger partial charge on any atom is 0.229 e. The molecule has 0 spiro atoms. The number of carbonyl (C=O) groups excluding carboxylic acids is 2. The maximum atomic E-state index is 12.9. The van der Waals surface area contributed by atoms with Crippen molar-refractivity contribution in [2.75, 3.05) is 32.7 Å². The van der Waals surface area contributed by atoms with Crippen LogP contribution in [-0.4, -0.2) is 54.2 Å². The zero-order valence-corrected chi connectivity index (χ0v) is 18.7. The molecule has 1 saturated heterocycles. The van der Waals surface area contributed by atoms with Gasteiger partial charge in [-0.2, -0.15) is 0 Å². The first-order valence-electron chi connectivity index (χ1n) is 11.4. The standard InChI is InChI=1S/C26H35FN2O2/c1-20-5-3-4-6-21(2)26(31)29(17-20)18-24-11-13-28(14-12-24)19-25(30)15-22-7-9-23(16-27)10-8-22/h4,6-10,21,24H,1,3,5,11-19H2,2H3. The third kappa shape index (κ3) is 7.13. The number of hydrogen-bond donors (Lipinski definition) is 0. The van der Waals surface area contributed by atoms with Crippen LogP contribution in [0.4, 0.5) is 4.39 Å². The zero-order valence-electron chi connectivity index (χ0n) is 18.7. The first kappa shape index (κ1) is 23.4. The molecule has 1 aromatic carbocycles. The van der Waals surface area contributed by atoms with Gasteiger partial charge in [-0.3, -0.25) is 14.5 Å². The summed E-state index contributed by atoms with van der Waals surface area (Å²) in [7, 11) is 0. The van der Waals surface area contributed by atoms with Gasteiger partial charge < -0.3 is 4.90 Å². The van der Waals surface area contributed by atoms with Crippen LogP contribution in [0.2, 0.25) is 0 Å². The number of ketones is 1. The van der Waals surface area contributed by atoms with Crippen LogP contribution in [0.25, 0.3) is 0 Å². The van der Waals surface area contributed by atoms with Crippen molar-refractivity contribution in [3.05, 3.63) is 59.7 Å². The van der Waals surface area contributed by atoms with Crippen molar-refractivity contribution in [1.29, 1.82) is 0 Å². The van der Waals surface area contributed by atoms with Gasteiger partial charge in [-0.15, -0.1) is 0 Å². The molecule has 1 amide bonds. The second kappa shape index (κ2) is 11.4. The number of Topliss-reactive ketones (excluding diaryl/α,β-unsaturated/α-hetero) is 1. The van der Waals surface area contributed by atoms with Crippen LogP contribution < -0.4 is 0 Å². The van der Waals surface area contributed by atoms with E-state index in [2.05, 4.69) is 17.6 Å². The van der Waals surface area contributed by atoms with E-state index >= 15 is 0 Å². The summed E-state index contributed by atoms with van der Waals surface area (Å²) in [5, 5.41) is 0. The fourth-order valence-electron chi connectivity index (χ4n) is 4.46. The van der Waals surface area contributed by atoms with Crippen molar-refractivity contribution in [3.63, 3.8) is 0 Å². The van der Waals surface area contributed by atoms with E-state index in [1.165, 1.54) is 0 Å². The molecule has 0 aromatic heterocycles. The Balaban J connectivity index is 1.45. The molecule has 3 rings (SSSR count). The molecule has 1 fully saturated rings. The van der Waals surface area contributed by atoms with Crippen molar-refractivity contribution < 1.29 is 14.0 Å². The Morgan fingerprint density at radius 3 is 2.52 bits per heavy atom. The topological polar surface area (TPSA) is 40.6 Å². The molecule has 2 aliphatic heterocycles. The minimum atomic E-state index is -0.476. The van der Waals surface area contributed by atoms with Gasteiger partial charge in [0.2, 0.25) is 5.91 Å². The average molecular weight is 427 g/mol. The molecule has 1 unspecified atom stereocenters. The highest BCUT2D eigenvalue weighted by molar-refractivity contribution is 5.82. The summed E-state index contributed by atoms with van der Waals surface area (Å²) < 4.78 is 12.6. The van der Waals surface area contributed by atoms with E-state index in [9.17, 15) is 14.0 Å². The molecule has 1 aromatic rings. The lowest BCUT2D eigenvalue weighted by Gasteiger charge is -2.35. The van der Waals surface area contributed by atoms with E-state index < -0.39 is 6.67 Å². The predicted molar refractivity (Wildman–Crippen MR) is 122 cm³/mol. The maximum absolute atomic E-state index is 12.9. The van der Waals surface area contributed by atoms with Gasteiger partial charge in [-0.25, -0.2) is 4.39 Å². The Bertz CT molecular complexity index is 794. The molecule has 0 bridgehead atoms. The summed E-state index contributed by atoms with van der Waals surface area (Å²) in [5.41, 5.74) is 2.70. The predicted octanol–water partition coefficient (Wildman–Crippen LogP) is 4.35. The number of amides is 1. The average Bonchev–Trinajstić information content (AvgIpc) is 2.82. The van der Waals surface area contributed by atoms with Gasteiger partial charge >= 0.3 is 0 Å². The lowest BCUT2D eigenvalue weighted by atomic mass is 9.95. The molecule has 5 heteroatoms. The molecule has 0 aliphatic carbocycles. The summed E-state index contributed by atoms with van der Waals surface area (Å²) in [5.74, 6) is 0.769. The number of benzene rings is 1. The first-order valence-corrected chi connectivity index (χ1v) is 11.4. The number of halogens is 1. The summed E-state index contributed by atoms with van der Waals surface area (Å²) in [6.45, 7) is 9.31. The van der Waals surface area contributed by atoms with E-state index in [0.29, 0.717) is 31.0 Å². The highest BCUT2D eigenvalue weighted by atomic mass is 19.1. The van der Waals surface area contributed by atoms with Gasteiger partial charge in [-0.05, 0) is 55.8 Å². The number of piperidine rings is 1. The second-order valence-electron chi connectivity index (χ2n) is 9.11. The number of nitrogens with zero attached hydrogens (tertiary/aromatic N) is 2. The van der Waals surface area contributed by atoms with Gasteiger partial charge in [0.1, 0.15) is 6.67 Å². The fourth-order valence-corrected chi connectivity index (χ4v) is 4.46. The van der Waals surface area contributed by atoms with Gasteiger partial charge in [0.15, 0.2) is 5.78 Å². The summed E-state index contributed by atoms with van der Waals surface area (Å²) in [6.07, 6.45) is 8.40. The van der Waals surface area contributed by atoms with Crippen LogP contribution in [0.1, 0.15) is 43.7 Å². The van der Waals surface area contributed by atoms with Crippen molar-refractivity contribution in [2.45, 2.75) is 45.7 Å². The van der Waals surface area contributed by atoms with Gasteiger partial charge in [0.05, 0.1) is 12.5 Å². The summed E-state index contributed by atoms with van der Waals surface area (Å²) in [6, 6.07) is 7.17. The molecule has 0 saturated carbocycles. The van der Waals surface area contributed by atoms with Crippen LogP contribution in [0, 0.1) is 11.8 Å². The molecule has 0 radical (unpaired) electrons. The lowest BCUT2D eigenvalue weighted by molar-refractivity contribution is -0.134. The van der Waals surface area contributed by atoms with Crippen LogP contribution >= 0.6 is 0 Å². The quantitative estimate of drug-likeness (QED) is 0.609. The second-order valence-corrected chi connectivity index (χ2v) is 9.11. The van der Waals surface area contributed by atoms with E-state index in [1.807, 2.05) is 30.0 Å². The third-order valence-corrected chi connectivity index (χ3v) is 6.37. The minimum absolute atomic E-state index is 0.0809. The molecule has 2 heterocycles. The Labute approximate surface area is 185 Å². The van der Waals surface area contributed by atoms with Crippen molar-refractivity contribution in [3.8, 4) is 0 Å². The Morgan fingerprint density at radius 1 is 1.16 bits per heavy atom. The number of hydrogen-bond acceptors (Lipinski definition) is 3. The minimum Gasteiger partial charge on any atom is -0.338 e. The van der Waals surface area contributed by atoms with E-state index in [1.54, 1.807) is 12.1 Å². The number of allylic oxidation sites excluding steroid dienone is 1. The SMILES string of the molecule is C=C1CCC=CC(C)C(=O)N(CC2CCN(CC(=O)Cc3ccc(CF)cc3)CC2)C1. The summed E-state index contributed by atoms with van der Waals surface area (Å²) >= 11 is 0. The Hall–Kier alpha value is -2.27. The van der Waals surface area contributed by atoms with E-state index in [0.717, 1.165) is 56.5 Å². The third-order valence-electron chi connectivity index (χ3n) is 6.37. The van der Waals surface area contributed by atoms with Crippen molar-refractivity contribution in [1.82, 2.24) is 9.80 Å².